The molecule has 0 spiro atoms. The van der Waals surface area contributed by atoms with E-state index in [0.29, 0.717) is 12.8 Å². The Morgan fingerprint density at radius 2 is 2.03 bits per heavy atom. The molecule has 14 heteroatoms. The second-order valence-electron chi connectivity index (χ2n) is 7.88. The minimum absolute atomic E-state index is 0.0576. The maximum absolute atomic E-state index is 13.4. The maximum Gasteiger partial charge on any atom is 0.451 e. The van der Waals surface area contributed by atoms with Gasteiger partial charge in [-0.25, -0.2) is 4.39 Å². The van der Waals surface area contributed by atoms with Crippen LogP contribution in [0.4, 0.5) is 17.6 Å². The standard InChI is InChI=1S/C20H20ClF4N5O4/c21-13-3-2-12(7-14(13)22)33-10-17(31)26-11-1-4-15(34-9-11)18(32)29-5-6-30-16(8-29)27-28-19(30)20(23,24)25/h2-3,7,11,15H,1,4-6,8-10H2,(H,26,31)/t11-,15-/m1/s1. The van der Waals surface area contributed by atoms with Gasteiger partial charge in [0.15, 0.2) is 12.4 Å². The average Bonchev–Trinajstić information content (AvgIpc) is 3.24. The number of benzene rings is 1. The van der Waals surface area contributed by atoms with E-state index >= 15 is 0 Å². The van der Waals surface area contributed by atoms with Gasteiger partial charge in [-0.3, -0.25) is 9.59 Å². The van der Waals surface area contributed by atoms with E-state index in [4.69, 9.17) is 21.1 Å². The highest BCUT2D eigenvalue weighted by molar-refractivity contribution is 6.30. The van der Waals surface area contributed by atoms with Crippen molar-refractivity contribution in [3.05, 3.63) is 40.7 Å². The number of hydrogen-bond donors (Lipinski definition) is 1. The van der Waals surface area contributed by atoms with Crippen LogP contribution in [0.1, 0.15) is 24.5 Å². The number of nitrogens with zero attached hydrogens (tertiary/aromatic N) is 4. The lowest BCUT2D eigenvalue weighted by molar-refractivity contribution is -0.151. The fraction of sp³-hybridized carbons (Fsp3) is 0.500. The van der Waals surface area contributed by atoms with E-state index in [0.717, 1.165) is 10.6 Å². The van der Waals surface area contributed by atoms with Gasteiger partial charge in [-0.1, -0.05) is 11.6 Å². The number of nitrogens with one attached hydrogen (secondary N) is 1. The predicted octanol–water partition coefficient (Wildman–Crippen LogP) is 2.17. The molecule has 0 aliphatic carbocycles. The van der Waals surface area contributed by atoms with Gasteiger partial charge in [-0.05, 0) is 25.0 Å². The number of amides is 2. The van der Waals surface area contributed by atoms with E-state index in [9.17, 15) is 27.2 Å². The van der Waals surface area contributed by atoms with E-state index in [1.807, 2.05) is 0 Å². The van der Waals surface area contributed by atoms with Crippen molar-refractivity contribution >= 4 is 23.4 Å². The minimum atomic E-state index is -4.61. The number of carbonyl (C=O) groups is 2. The van der Waals surface area contributed by atoms with Crippen LogP contribution in [0.25, 0.3) is 0 Å². The summed E-state index contributed by atoms with van der Waals surface area (Å²) in [5.74, 6) is -2.31. The van der Waals surface area contributed by atoms with E-state index in [-0.39, 0.29) is 61.4 Å². The fourth-order valence-corrected chi connectivity index (χ4v) is 3.92. The average molecular weight is 506 g/mol. The van der Waals surface area contributed by atoms with Crippen LogP contribution in [-0.2, 0) is 33.6 Å². The first-order chi connectivity index (χ1) is 16.1. The third-order valence-electron chi connectivity index (χ3n) is 5.50. The molecule has 0 saturated carbocycles. The smallest absolute Gasteiger partial charge is 0.451 e. The molecule has 0 unspecified atom stereocenters. The number of ether oxygens (including phenoxy) is 2. The van der Waals surface area contributed by atoms with E-state index in [1.54, 1.807) is 0 Å². The summed E-state index contributed by atoms with van der Waals surface area (Å²) >= 11 is 5.60. The number of aromatic nitrogens is 3. The molecule has 2 aromatic rings. The van der Waals surface area contributed by atoms with Crippen LogP contribution < -0.4 is 10.1 Å². The summed E-state index contributed by atoms with van der Waals surface area (Å²) in [5.41, 5.74) is 0. The first-order valence-electron chi connectivity index (χ1n) is 10.4. The largest absolute Gasteiger partial charge is 0.484 e. The highest BCUT2D eigenvalue weighted by Crippen LogP contribution is 2.30. The van der Waals surface area contributed by atoms with Crippen molar-refractivity contribution in [2.75, 3.05) is 19.8 Å². The van der Waals surface area contributed by atoms with Crippen molar-refractivity contribution in [1.29, 1.82) is 0 Å². The second kappa shape index (κ2) is 9.74. The van der Waals surface area contributed by atoms with Crippen LogP contribution in [0.2, 0.25) is 5.02 Å². The van der Waals surface area contributed by atoms with Gasteiger partial charge in [-0.2, -0.15) is 13.2 Å². The van der Waals surface area contributed by atoms with Crippen LogP contribution >= 0.6 is 11.6 Å². The van der Waals surface area contributed by atoms with Crippen molar-refractivity contribution < 1.29 is 36.6 Å². The van der Waals surface area contributed by atoms with Crippen LogP contribution in [0.3, 0.4) is 0 Å². The summed E-state index contributed by atoms with van der Waals surface area (Å²) in [6.07, 6.45) is -4.60. The van der Waals surface area contributed by atoms with Crippen LogP contribution in [0, 0.1) is 5.82 Å². The Morgan fingerprint density at radius 1 is 1.24 bits per heavy atom. The van der Waals surface area contributed by atoms with Crippen molar-refractivity contribution in [3.8, 4) is 5.75 Å². The van der Waals surface area contributed by atoms with E-state index < -0.39 is 29.8 Å². The van der Waals surface area contributed by atoms with Gasteiger partial charge in [0.25, 0.3) is 11.8 Å². The predicted molar refractivity (Wildman–Crippen MR) is 108 cm³/mol. The molecule has 1 N–H and O–H groups in total. The number of rotatable bonds is 5. The molecule has 1 fully saturated rings. The normalized spacial score (nSPS) is 20.6. The lowest BCUT2D eigenvalue weighted by Gasteiger charge is -2.34. The number of alkyl halides is 3. The first-order valence-corrected chi connectivity index (χ1v) is 10.8. The van der Waals surface area contributed by atoms with Crippen LogP contribution in [-0.4, -0.2) is 63.4 Å². The van der Waals surface area contributed by atoms with Gasteiger partial charge < -0.3 is 24.3 Å². The summed E-state index contributed by atoms with van der Waals surface area (Å²) in [7, 11) is 0. The molecule has 0 radical (unpaired) electrons. The van der Waals surface area contributed by atoms with Gasteiger partial charge in [0, 0.05) is 19.2 Å². The molecule has 2 aliphatic rings. The maximum atomic E-state index is 13.4. The number of carbonyl (C=O) groups excluding carboxylic acids is 2. The highest BCUT2D eigenvalue weighted by Gasteiger charge is 2.40. The SMILES string of the molecule is O=C(COc1ccc(Cl)c(F)c1)N[C@@H]1CC[C@H](C(=O)N2CCn3c(nnc3C(F)(F)F)C2)OC1. The highest BCUT2D eigenvalue weighted by atomic mass is 35.5. The number of hydrogen-bond acceptors (Lipinski definition) is 6. The Morgan fingerprint density at radius 3 is 2.71 bits per heavy atom. The molecular formula is C20H20ClF4N5O4. The molecule has 4 rings (SSSR count). The Labute approximate surface area is 196 Å². The molecule has 34 heavy (non-hydrogen) atoms. The summed E-state index contributed by atoms with van der Waals surface area (Å²) in [4.78, 5) is 26.3. The molecule has 1 aromatic heterocycles. The van der Waals surface area contributed by atoms with Gasteiger partial charge >= 0.3 is 6.18 Å². The molecule has 0 bridgehead atoms. The zero-order chi connectivity index (χ0) is 24.5. The molecule has 2 amide bonds. The summed E-state index contributed by atoms with van der Waals surface area (Å²) in [6, 6.07) is 3.48. The number of halogens is 5. The second-order valence-corrected chi connectivity index (χ2v) is 8.28. The Kier molecular flexibility index (Phi) is 6.94. The molecule has 1 aromatic carbocycles. The third-order valence-corrected chi connectivity index (χ3v) is 5.80. The molecule has 2 atom stereocenters. The minimum Gasteiger partial charge on any atom is -0.484 e. The van der Waals surface area contributed by atoms with Crippen molar-refractivity contribution in [2.45, 2.75) is 44.3 Å². The summed E-state index contributed by atoms with van der Waals surface area (Å²) < 4.78 is 64.1. The lowest BCUT2D eigenvalue weighted by Crippen LogP contribution is -2.50. The van der Waals surface area contributed by atoms with Crippen molar-refractivity contribution in [3.63, 3.8) is 0 Å². The van der Waals surface area contributed by atoms with Gasteiger partial charge in [-0.15, -0.1) is 10.2 Å². The quantitative estimate of drug-likeness (QED) is 0.626. The Bertz CT molecular complexity index is 1070. The van der Waals surface area contributed by atoms with Gasteiger partial charge in [0.05, 0.1) is 24.2 Å². The number of fused-ring (bicyclic) bond motifs is 1. The van der Waals surface area contributed by atoms with Crippen molar-refractivity contribution in [1.82, 2.24) is 25.0 Å². The van der Waals surface area contributed by atoms with E-state index in [2.05, 4.69) is 15.5 Å². The first kappa shape index (κ1) is 24.2. The van der Waals surface area contributed by atoms with Gasteiger partial charge in [0.2, 0.25) is 5.82 Å². The summed E-state index contributed by atoms with van der Waals surface area (Å²) in [5, 5.41) is 9.43. The Hall–Kier alpha value is -2.93. The lowest BCUT2D eigenvalue weighted by atomic mass is 10.0. The molecule has 1 saturated heterocycles. The monoisotopic (exact) mass is 505 g/mol. The molecule has 9 nitrogen and oxygen atoms in total. The zero-order valence-corrected chi connectivity index (χ0v) is 18.4. The third kappa shape index (κ3) is 5.41. The Balaban J connectivity index is 1.23. The van der Waals surface area contributed by atoms with Crippen LogP contribution in [0.5, 0.6) is 5.75 Å². The van der Waals surface area contributed by atoms with E-state index in [1.165, 1.54) is 17.0 Å². The molecular weight excluding hydrogens is 486 g/mol. The van der Waals surface area contributed by atoms with Gasteiger partial charge in [0.1, 0.15) is 17.7 Å². The molecule has 3 heterocycles. The summed E-state index contributed by atoms with van der Waals surface area (Å²) in [6.45, 7) is -0.333. The zero-order valence-electron chi connectivity index (χ0n) is 17.6. The molecule has 2 aliphatic heterocycles. The van der Waals surface area contributed by atoms with Crippen LogP contribution in [0.15, 0.2) is 18.2 Å². The topological polar surface area (TPSA) is 98.6 Å². The van der Waals surface area contributed by atoms with Crippen molar-refractivity contribution in [2.24, 2.45) is 0 Å². The molecule has 184 valence electrons. The fourth-order valence-electron chi connectivity index (χ4n) is 3.80.